The van der Waals surface area contributed by atoms with E-state index in [0.29, 0.717) is 6.42 Å². The molecule has 1 amide bonds. The molecule has 0 aliphatic carbocycles. The molecule has 1 aromatic heterocycles. The number of benzene rings is 2. The van der Waals surface area contributed by atoms with Crippen LogP contribution in [0.4, 0.5) is 5.69 Å². The van der Waals surface area contributed by atoms with Gasteiger partial charge in [-0.3, -0.25) is 4.79 Å². The number of aryl methyl sites for hydroxylation is 2. The molecule has 23 heavy (non-hydrogen) atoms. The average molecular weight is 306 g/mol. The third-order valence-corrected chi connectivity index (χ3v) is 4.10. The second-order valence-electron chi connectivity index (χ2n) is 5.95. The highest BCUT2D eigenvalue weighted by Gasteiger charge is 2.05. The Labute approximate surface area is 136 Å². The topological polar surface area (TPSA) is 44.9 Å². The second kappa shape index (κ2) is 7.14. The lowest BCUT2D eigenvalue weighted by molar-refractivity contribution is -0.116. The molecule has 3 heteroatoms. The van der Waals surface area contributed by atoms with E-state index < -0.39 is 0 Å². The van der Waals surface area contributed by atoms with Crippen LogP contribution in [0.1, 0.15) is 30.5 Å². The number of carbonyl (C=O) groups excluding carboxylic acids is 1. The molecular formula is C20H22N2O. The van der Waals surface area contributed by atoms with Gasteiger partial charge in [-0.1, -0.05) is 36.4 Å². The first-order chi connectivity index (χ1) is 11.2. The van der Waals surface area contributed by atoms with Crippen molar-refractivity contribution in [2.75, 3.05) is 5.32 Å². The SMILES string of the molecule is Cc1ccccc1NC(=O)CCCCc1cc2ccccc2[nH]1. The highest BCUT2D eigenvalue weighted by atomic mass is 16.1. The minimum Gasteiger partial charge on any atom is -0.358 e. The number of nitrogens with one attached hydrogen (secondary N) is 2. The molecule has 0 radical (unpaired) electrons. The summed E-state index contributed by atoms with van der Waals surface area (Å²) in [6, 6.07) is 18.4. The zero-order valence-corrected chi connectivity index (χ0v) is 13.4. The summed E-state index contributed by atoms with van der Waals surface area (Å²) in [4.78, 5) is 15.4. The van der Waals surface area contributed by atoms with Gasteiger partial charge in [0.2, 0.25) is 5.91 Å². The van der Waals surface area contributed by atoms with E-state index in [1.54, 1.807) is 0 Å². The number of unbranched alkanes of at least 4 members (excludes halogenated alkanes) is 1. The van der Waals surface area contributed by atoms with Gasteiger partial charge in [-0.2, -0.15) is 0 Å². The van der Waals surface area contributed by atoms with Crippen molar-refractivity contribution in [2.24, 2.45) is 0 Å². The van der Waals surface area contributed by atoms with Gasteiger partial charge in [0.05, 0.1) is 0 Å². The van der Waals surface area contributed by atoms with Crippen LogP contribution >= 0.6 is 0 Å². The number of H-pyrrole nitrogens is 1. The summed E-state index contributed by atoms with van der Waals surface area (Å²) in [7, 11) is 0. The van der Waals surface area contributed by atoms with E-state index in [4.69, 9.17) is 0 Å². The van der Waals surface area contributed by atoms with Gasteiger partial charge in [-0.15, -0.1) is 0 Å². The van der Waals surface area contributed by atoms with Crippen molar-refractivity contribution in [1.82, 2.24) is 4.98 Å². The smallest absolute Gasteiger partial charge is 0.224 e. The second-order valence-corrected chi connectivity index (χ2v) is 5.95. The molecule has 0 atom stereocenters. The summed E-state index contributed by atoms with van der Waals surface area (Å²) in [6.45, 7) is 2.01. The molecule has 0 saturated carbocycles. The van der Waals surface area contributed by atoms with E-state index in [-0.39, 0.29) is 5.91 Å². The van der Waals surface area contributed by atoms with Crippen molar-refractivity contribution in [3.8, 4) is 0 Å². The quantitative estimate of drug-likeness (QED) is 0.630. The van der Waals surface area contributed by atoms with Crippen molar-refractivity contribution in [3.05, 3.63) is 65.9 Å². The first-order valence-corrected chi connectivity index (χ1v) is 8.14. The predicted octanol–water partition coefficient (Wildman–Crippen LogP) is 4.83. The lowest BCUT2D eigenvalue weighted by Gasteiger charge is -2.07. The van der Waals surface area contributed by atoms with Crippen LogP contribution in [0.25, 0.3) is 10.9 Å². The van der Waals surface area contributed by atoms with Crippen LogP contribution < -0.4 is 5.32 Å². The van der Waals surface area contributed by atoms with Crippen LogP contribution in [0.2, 0.25) is 0 Å². The van der Waals surface area contributed by atoms with E-state index in [0.717, 1.165) is 30.5 Å². The molecule has 0 bridgehead atoms. The van der Waals surface area contributed by atoms with Crippen molar-refractivity contribution < 1.29 is 4.79 Å². The van der Waals surface area contributed by atoms with Gasteiger partial charge < -0.3 is 10.3 Å². The third kappa shape index (κ3) is 4.01. The number of anilines is 1. The van der Waals surface area contributed by atoms with E-state index in [2.05, 4.69) is 34.6 Å². The van der Waals surface area contributed by atoms with E-state index in [1.165, 1.54) is 16.6 Å². The zero-order valence-electron chi connectivity index (χ0n) is 13.4. The molecule has 118 valence electrons. The van der Waals surface area contributed by atoms with Gasteiger partial charge in [-0.05, 0) is 55.3 Å². The Morgan fingerprint density at radius 2 is 1.83 bits per heavy atom. The molecular weight excluding hydrogens is 284 g/mol. The van der Waals surface area contributed by atoms with Crippen molar-refractivity contribution in [1.29, 1.82) is 0 Å². The summed E-state index contributed by atoms with van der Waals surface area (Å²) in [5, 5.41) is 4.23. The molecule has 3 rings (SSSR count). The Balaban J connectivity index is 1.44. The van der Waals surface area contributed by atoms with Crippen LogP contribution in [0.15, 0.2) is 54.6 Å². The molecule has 2 N–H and O–H groups in total. The fourth-order valence-corrected chi connectivity index (χ4v) is 2.80. The summed E-state index contributed by atoms with van der Waals surface area (Å²) in [5.41, 5.74) is 4.43. The standard InChI is InChI=1S/C20H22N2O/c1-15-8-2-5-11-18(15)22-20(23)13-7-4-10-17-14-16-9-3-6-12-19(16)21-17/h2-3,5-6,8-9,11-12,14,21H,4,7,10,13H2,1H3,(H,22,23). The normalized spacial score (nSPS) is 10.8. The average Bonchev–Trinajstić information content (AvgIpc) is 2.96. The first kappa shape index (κ1) is 15.3. The maximum Gasteiger partial charge on any atom is 0.224 e. The summed E-state index contributed by atoms with van der Waals surface area (Å²) < 4.78 is 0. The van der Waals surface area contributed by atoms with Crippen molar-refractivity contribution >= 4 is 22.5 Å². The van der Waals surface area contributed by atoms with Crippen molar-refractivity contribution in [2.45, 2.75) is 32.6 Å². The number of aromatic nitrogens is 1. The molecule has 3 nitrogen and oxygen atoms in total. The fraction of sp³-hybridized carbons (Fsp3) is 0.250. The molecule has 1 heterocycles. The zero-order chi connectivity index (χ0) is 16.1. The Hall–Kier alpha value is -2.55. The third-order valence-electron chi connectivity index (χ3n) is 4.10. The summed E-state index contributed by atoms with van der Waals surface area (Å²) in [6.07, 6.45) is 3.45. The predicted molar refractivity (Wildman–Crippen MR) is 95.7 cm³/mol. The molecule has 0 saturated heterocycles. The minimum atomic E-state index is 0.0935. The maximum atomic E-state index is 12.0. The molecule has 0 spiro atoms. The fourth-order valence-electron chi connectivity index (χ4n) is 2.80. The molecule has 3 aromatic rings. The Morgan fingerprint density at radius 3 is 2.65 bits per heavy atom. The van der Waals surface area contributed by atoms with Gasteiger partial charge in [0.15, 0.2) is 0 Å². The summed E-state index contributed by atoms with van der Waals surface area (Å²) >= 11 is 0. The maximum absolute atomic E-state index is 12.0. The van der Waals surface area contributed by atoms with Gasteiger partial charge in [0.25, 0.3) is 0 Å². The molecule has 2 aromatic carbocycles. The number of fused-ring (bicyclic) bond motifs is 1. The van der Waals surface area contributed by atoms with E-state index >= 15 is 0 Å². The highest BCUT2D eigenvalue weighted by molar-refractivity contribution is 5.91. The van der Waals surface area contributed by atoms with Gasteiger partial charge in [-0.25, -0.2) is 0 Å². The molecule has 0 fully saturated rings. The van der Waals surface area contributed by atoms with Gasteiger partial charge in [0.1, 0.15) is 0 Å². The van der Waals surface area contributed by atoms with E-state index in [9.17, 15) is 4.79 Å². The van der Waals surface area contributed by atoms with E-state index in [1.807, 2.05) is 37.3 Å². The van der Waals surface area contributed by atoms with Gasteiger partial charge in [0, 0.05) is 23.3 Å². The minimum absolute atomic E-state index is 0.0935. The highest BCUT2D eigenvalue weighted by Crippen LogP contribution is 2.17. The van der Waals surface area contributed by atoms with Crippen LogP contribution in [0.3, 0.4) is 0 Å². The Morgan fingerprint density at radius 1 is 1.04 bits per heavy atom. The van der Waals surface area contributed by atoms with Crippen LogP contribution in [-0.2, 0) is 11.2 Å². The van der Waals surface area contributed by atoms with Crippen LogP contribution in [0, 0.1) is 6.92 Å². The molecule has 0 aliphatic heterocycles. The number of amides is 1. The lowest BCUT2D eigenvalue weighted by atomic mass is 10.1. The first-order valence-electron chi connectivity index (χ1n) is 8.14. The van der Waals surface area contributed by atoms with Crippen LogP contribution in [-0.4, -0.2) is 10.9 Å². The Kier molecular flexibility index (Phi) is 4.77. The van der Waals surface area contributed by atoms with Gasteiger partial charge >= 0.3 is 0 Å². The van der Waals surface area contributed by atoms with Crippen LogP contribution in [0.5, 0.6) is 0 Å². The number of hydrogen-bond acceptors (Lipinski definition) is 1. The number of para-hydroxylation sites is 2. The lowest BCUT2D eigenvalue weighted by Crippen LogP contribution is -2.12. The number of carbonyl (C=O) groups is 1. The Bertz CT molecular complexity index is 771. The van der Waals surface area contributed by atoms with Crippen molar-refractivity contribution in [3.63, 3.8) is 0 Å². The molecule has 0 unspecified atom stereocenters. The number of aromatic amines is 1. The monoisotopic (exact) mass is 306 g/mol. The largest absolute Gasteiger partial charge is 0.358 e. The molecule has 0 aliphatic rings. The number of hydrogen-bond donors (Lipinski definition) is 2. The summed E-state index contributed by atoms with van der Waals surface area (Å²) in [5.74, 6) is 0.0935. The number of rotatable bonds is 6.